The average Bonchev–Trinajstić information content (AvgIpc) is 2.98. The SMILES string of the molecule is Cc1ccc(CC(C)NC(=O)c2n[nH]c(C(C)C)n2)s1. The molecular weight excluding hydrogens is 272 g/mol. The fourth-order valence-electron chi connectivity index (χ4n) is 1.87. The molecule has 1 unspecified atom stereocenters. The third-order valence-electron chi connectivity index (χ3n) is 2.93. The topological polar surface area (TPSA) is 70.7 Å². The van der Waals surface area contributed by atoms with Crippen molar-refractivity contribution in [3.8, 4) is 0 Å². The number of carbonyl (C=O) groups is 1. The Labute approximate surface area is 122 Å². The van der Waals surface area contributed by atoms with E-state index in [-0.39, 0.29) is 23.7 Å². The van der Waals surface area contributed by atoms with Gasteiger partial charge in [-0.05, 0) is 26.0 Å². The maximum Gasteiger partial charge on any atom is 0.291 e. The fourth-order valence-corrected chi connectivity index (χ4v) is 2.89. The van der Waals surface area contributed by atoms with Crippen LogP contribution in [0.3, 0.4) is 0 Å². The number of amides is 1. The number of carbonyl (C=O) groups excluding carboxylic acids is 1. The summed E-state index contributed by atoms with van der Waals surface area (Å²) in [4.78, 5) is 18.8. The van der Waals surface area contributed by atoms with Gasteiger partial charge in [-0.25, -0.2) is 4.98 Å². The maximum absolute atomic E-state index is 12.0. The van der Waals surface area contributed by atoms with E-state index < -0.39 is 0 Å². The van der Waals surface area contributed by atoms with Gasteiger partial charge in [0.2, 0.25) is 5.82 Å². The van der Waals surface area contributed by atoms with Crippen molar-refractivity contribution >= 4 is 17.2 Å². The van der Waals surface area contributed by atoms with Gasteiger partial charge in [0.25, 0.3) is 5.91 Å². The summed E-state index contributed by atoms with van der Waals surface area (Å²) < 4.78 is 0. The third kappa shape index (κ3) is 3.66. The molecule has 2 rings (SSSR count). The summed E-state index contributed by atoms with van der Waals surface area (Å²) in [6, 6.07) is 4.26. The fraction of sp³-hybridized carbons (Fsp3) is 0.500. The molecule has 0 aliphatic heterocycles. The Morgan fingerprint density at radius 2 is 2.15 bits per heavy atom. The molecule has 0 saturated heterocycles. The highest BCUT2D eigenvalue weighted by molar-refractivity contribution is 7.11. The molecule has 1 amide bonds. The van der Waals surface area contributed by atoms with Crippen LogP contribution in [0.1, 0.15) is 52.9 Å². The van der Waals surface area contributed by atoms with Crippen molar-refractivity contribution in [1.29, 1.82) is 0 Å². The molecule has 20 heavy (non-hydrogen) atoms. The number of aryl methyl sites for hydroxylation is 1. The van der Waals surface area contributed by atoms with E-state index in [1.54, 1.807) is 11.3 Å². The first-order valence-electron chi connectivity index (χ1n) is 6.74. The smallest absolute Gasteiger partial charge is 0.291 e. The Kier molecular flexibility index (Phi) is 4.54. The van der Waals surface area contributed by atoms with Crippen molar-refractivity contribution < 1.29 is 4.79 Å². The summed E-state index contributed by atoms with van der Waals surface area (Å²) in [5, 5.41) is 9.68. The molecule has 2 aromatic heterocycles. The first-order chi connectivity index (χ1) is 9.45. The van der Waals surface area contributed by atoms with Gasteiger partial charge in [-0.1, -0.05) is 13.8 Å². The molecule has 0 fully saturated rings. The van der Waals surface area contributed by atoms with Crippen LogP contribution in [0.15, 0.2) is 12.1 Å². The van der Waals surface area contributed by atoms with Crippen molar-refractivity contribution in [1.82, 2.24) is 20.5 Å². The number of hydrogen-bond donors (Lipinski definition) is 2. The van der Waals surface area contributed by atoms with Gasteiger partial charge in [0.05, 0.1) is 0 Å². The number of hydrogen-bond acceptors (Lipinski definition) is 4. The third-order valence-corrected chi connectivity index (χ3v) is 3.96. The summed E-state index contributed by atoms with van der Waals surface area (Å²) in [6.45, 7) is 8.08. The predicted molar refractivity (Wildman–Crippen MR) is 80.2 cm³/mol. The molecule has 0 bridgehead atoms. The number of rotatable bonds is 5. The Bertz CT molecular complexity index is 588. The highest BCUT2D eigenvalue weighted by atomic mass is 32.1. The largest absolute Gasteiger partial charge is 0.346 e. The minimum atomic E-state index is -0.228. The van der Waals surface area contributed by atoms with Crippen LogP contribution in [0.2, 0.25) is 0 Å². The second-order valence-electron chi connectivity index (χ2n) is 5.29. The summed E-state index contributed by atoms with van der Waals surface area (Å²) in [5.41, 5.74) is 0. The molecule has 0 aliphatic carbocycles. The average molecular weight is 292 g/mol. The molecule has 2 heterocycles. The standard InChI is InChI=1S/C14H20N4OS/c1-8(2)12-16-13(18-17-12)14(19)15-9(3)7-11-6-5-10(4)20-11/h5-6,8-9H,7H2,1-4H3,(H,15,19)(H,16,17,18). The molecule has 0 aliphatic rings. The first kappa shape index (κ1) is 14.7. The molecular formula is C14H20N4OS. The van der Waals surface area contributed by atoms with Crippen LogP contribution in [-0.2, 0) is 6.42 Å². The van der Waals surface area contributed by atoms with Crippen LogP contribution >= 0.6 is 11.3 Å². The summed E-state index contributed by atoms with van der Waals surface area (Å²) in [5.74, 6) is 0.948. The lowest BCUT2D eigenvalue weighted by Crippen LogP contribution is -2.34. The van der Waals surface area contributed by atoms with Crippen LogP contribution in [0, 0.1) is 6.92 Å². The number of nitrogens with zero attached hydrogens (tertiary/aromatic N) is 2. The van der Waals surface area contributed by atoms with E-state index >= 15 is 0 Å². The van der Waals surface area contributed by atoms with Gasteiger partial charge >= 0.3 is 0 Å². The monoisotopic (exact) mass is 292 g/mol. The van der Waals surface area contributed by atoms with E-state index in [1.165, 1.54) is 9.75 Å². The van der Waals surface area contributed by atoms with Gasteiger partial charge in [0.1, 0.15) is 5.82 Å². The van der Waals surface area contributed by atoms with Gasteiger partial charge < -0.3 is 5.32 Å². The molecule has 2 N–H and O–H groups in total. The Balaban J connectivity index is 1.93. The second-order valence-corrected chi connectivity index (χ2v) is 6.66. The van der Waals surface area contributed by atoms with Gasteiger partial charge in [0, 0.05) is 28.1 Å². The molecule has 108 valence electrons. The van der Waals surface area contributed by atoms with Crippen molar-refractivity contribution in [3.63, 3.8) is 0 Å². The zero-order valence-electron chi connectivity index (χ0n) is 12.2. The molecule has 2 aromatic rings. The van der Waals surface area contributed by atoms with Crippen LogP contribution in [0.25, 0.3) is 0 Å². The van der Waals surface area contributed by atoms with Crippen LogP contribution in [-0.4, -0.2) is 27.1 Å². The van der Waals surface area contributed by atoms with Gasteiger partial charge in [0.15, 0.2) is 0 Å². The lowest BCUT2D eigenvalue weighted by Gasteiger charge is -2.11. The van der Waals surface area contributed by atoms with E-state index in [0.29, 0.717) is 0 Å². The highest BCUT2D eigenvalue weighted by Crippen LogP contribution is 2.16. The van der Waals surface area contributed by atoms with E-state index in [0.717, 1.165) is 12.2 Å². The van der Waals surface area contributed by atoms with Gasteiger partial charge in [-0.2, -0.15) is 0 Å². The molecule has 0 radical (unpaired) electrons. The normalized spacial score (nSPS) is 12.7. The lowest BCUT2D eigenvalue weighted by molar-refractivity contribution is 0.0930. The Morgan fingerprint density at radius 1 is 1.40 bits per heavy atom. The predicted octanol–water partition coefficient (Wildman–Crippen LogP) is 2.66. The first-order valence-corrected chi connectivity index (χ1v) is 7.56. The minimum Gasteiger partial charge on any atom is -0.346 e. The highest BCUT2D eigenvalue weighted by Gasteiger charge is 2.16. The number of nitrogens with one attached hydrogen (secondary N) is 2. The Morgan fingerprint density at radius 3 is 2.70 bits per heavy atom. The second kappa shape index (κ2) is 6.17. The Hall–Kier alpha value is -1.69. The number of aromatic nitrogens is 3. The molecule has 6 heteroatoms. The summed E-state index contributed by atoms with van der Waals surface area (Å²) >= 11 is 1.76. The van der Waals surface area contributed by atoms with E-state index in [2.05, 4.69) is 39.6 Å². The number of H-pyrrole nitrogens is 1. The molecule has 0 spiro atoms. The van der Waals surface area contributed by atoms with E-state index in [1.807, 2.05) is 20.8 Å². The molecule has 5 nitrogen and oxygen atoms in total. The molecule has 0 aromatic carbocycles. The zero-order valence-corrected chi connectivity index (χ0v) is 13.0. The van der Waals surface area contributed by atoms with Crippen molar-refractivity contribution in [2.24, 2.45) is 0 Å². The quantitative estimate of drug-likeness (QED) is 0.890. The van der Waals surface area contributed by atoms with Crippen molar-refractivity contribution in [2.75, 3.05) is 0 Å². The van der Waals surface area contributed by atoms with Gasteiger partial charge in [-0.3, -0.25) is 9.89 Å². The number of thiophene rings is 1. The molecule has 0 saturated carbocycles. The summed E-state index contributed by atoms with van der Waals surface area (Å²) in [6.07, 6.45) is 0.825. The van der Waals surface area contributed by atoms with Crippen LogP contribution < -0.4 is 5.32 Å². The maximum atomic E-state index is 12.0. The summed E-state index contributed by atoms with van der Waals surface area (Å²) in [7, 11) is 0. The molecule has 1 atom stereocenters. The van der Waals surface area contributed by atoms with Crippen LogP contribution in [0.4, 0.5) is 0 Å². The van der Waals surface area contributed by atoms with Crippen molar-refractivity contribution in [3.05, 3.63) is 33.5 Å². The zero-order chi connectivity index (χ0) is 14.7. The van der Waals surface area contributed by atoms with E-state index in [9.17, 15) is 4.79 Å². The van der Waals surface area contributed by atoms with Crippen molar-refractivity contribution in [2.45, 2.75) is 46.1 Å². The van der Waals surface area contributed by atoms with Crippen LogP contribution in [0.5, 0.6) is 0 Å². The lowest BCUT2D eigenvalue weighted by atomic mass is 10.2. The van der Waals surface area contributed by atoms with Gasteiger partial charge in [-0.15, -0.1) is 16.4 Å². The number of aromatic amines is 1. The minimum absolute atomic E-state index is 0.0570. The van der Waals surface area contributed by atoms with E-state index in [4.69, 9.17) is 0 Å².